The van der Waals surface area contributed by atoms with Gasteiger partial charge in [0.25, 0.3) is 0 Å². The molecule has 0 saturated heterocycles. The van der Waals surface area contributed by atoms with E-state index in [1.54, 1.807) is 4.52 Å². The van der Waals surface area contributed by atoms with Gasteiger partial charge in [-0.3, -0.25) is 0 Å². The van der Waals surface area contributed by atoms with Gasteiger partial charge in [-0.25, -0.2) is 9.97 Å². The molecule has 1 aliphatic rings. The lowest BCUT2D eigenvalue weighted by atomic mass is 10.3. The zero-order valence-electron chi connectivity index (χ0n) is 6.81. The summed E-state index contributed by atoms with van der Waals surface area (Å²) in [6.45, 7) is 0. The Morgan fingerprint density at radius 3 is 2.92 bits per heavy atom. The summed E-state index contributed by atoms with van der Waals surface area (Å²) in [5, 5.41) is 4.42. The quantitative estimate of drug-likeness (QED) is 0.761. The van der Waals surface area contributed by atoms with E-state index in [2.05, 4.69) is 31.0 Å². The van der Waals surface area contributed by atoms with Gasteiger partial charge in [-0.1, -0.05) is 0 Å². The Kier molecular flexibility index (Phi) is 1.44. The molecule has 1 aliphatic carbocycles. The number of fused-ring (bicyclic) bond motifs is 1. The first-order valence-electron chi connectivity index (χ1n) is 4.21. The van der Waals surface area contributed by atoms with Gasteiger partial charge in [0.1, 0.15) is 6.33 Å². The normalized spacial score (nSPS) is 16.7. The van der Waals surface area contributed by atoms with Crippen LogP contribution in [-0.2, 0) is 0 Å². The molecular weight excluding hydrogens is 232 g/mol. The zero-order chi connectivity index (χ0) is 8.84. The molecule has 2 heterocycles. The van der Waals surface area contributed by atoms with Crippen molar-refractivity contribution in [1.29, 1.82) is 0 Å². The van der Waals surface area contributed by atoms with Crippen LogP contribution in [0.1, 0.15) is 24.5 Å². The van der Waals surface area contributed by atoms with Gasteiger partial charge in [0.15, 0.2) is 5.65 Å². The molecule has 1 fully saturated rings. The van der Waals surface area contributed by atoms with E-state index in [0.29, 0.717) is 10.7 Å². The number of hydrogen-bond acceptors (Lipinski definition) is 3. The molecule has 0 spiro atoms. The van der Waals surface area contributed by atoms with Crippen LogP contribution < -0.4 is 0 Å². The summed E-state index contributed by atoms with van der Waals surface area (Å²) in [6.07, 6.45) is 4.06. The van der Waals surface area contributed by atoms with Gasteiger partial charge in [0.2, 0.25) is 4.73 Å². The van der Waals surface area contributed by atoms with Gasteiger partial charge in [-0.05, 0) is 28.8 Å². The number of aromatic nitrogens is 4. The van der Waals surface area contributed by atoms with E-state index < -0.39 is 0 Å². The first kappa shape index (κ1) is 7.44. The highest BCUT2D eigenvalue weighted by molar-refractivity contribution is 9.10. The number of nitrogens with zero attached hydrogens (tertiary/aromatic N) is 4. The Labute approximate surface area is 83.1 Å². The van der Waals surface area contributed by atoms with Crippen LogP contribution in [0.2, 0.25) is 0 Å². The van der Waals surface area contributed by atoms with E-state index in [-0.39, 0.29) is 0 Å². The second-order valence-corrected chi connectivity index (χ2v) is 3.97. The lowest BCUT2D eigenvalue weighted by molar-refractivity contribution is 0.826. The second-order valence-electron chi connectivity index (χ2n) is 3.26. The molecule has 0 N–H and O–H groups in total. The molecule has 5 heteroatoms. The minimum Gasteiger partial charge on any atom is -0.217 e. The summed E-state index contributed by atoms with van der Waals surface area (Å²) < 4.78 is 2.44. The summed E-state index contributed by atoms with van der Waals surface area (Å²) in [4.78, 5) is 8.14. The summed E-state index contributed by atoms with van der Waals surface area (Å²) in [5.41, 5.74) is 2.00. The SMILES string of the molecule is Brc1ncnc2cc(C3CC3)nn12. The summed E-state index contributed by atoms with van der Waals surface area (Å²) in [7, 11) is 0. The van der Waals surface area contributed by atoms with Crippen LogP contribution in [-0.4, -0.2) is 19.6 Å². The van der Waals surface area contributed by atoms with Gasteiger partial charge < -0.3 is 0 Å². The van der Waals surface area contributed by atoms with Crippen molar-refractivity contribution in [3.8, 4) is 0 Å². The van der Waals surface area contributed by atoms with Crippen molar-refractivity contribution in [2.45, 2.75) is 18.8 Å². The second kappa shape index (κ2) is 2.51. The monoisotopic (exact) mass is 238 g/mol. The maximum absolute atomic E-state index is 4.42. The van der Waals surface area contributed by atoms with Crippen LogP contribution in [0.4, 0.5) is 0 Å². The number of hydrogen-bond donors (Lipinski definition) is 0. The fourth-order valence-corrected chi connectivity index (χ4v) is 1.74. The maximum Gasteiger partial charge on any atom is 0.201 e. The van der Waals surface area contributed by atoms with Crippen LogP contribution in [0.5, 0.6) is 0 Å². The van der Waals surface area contributed by atoms with Crippen molar-refractivity contribution in [2.75, 3.05) is 0 Å². The maximum atomic E-state index is 4.42. The van der Waals surface area contributed by atoms with Crippen LogP contribution >= 0.6 is 15.9 Å². The first-order valence-corrected chi connectivity index (χ1v) is 5.00. The molecule has 0 unspecified atom stereocenters. The standard InChI is InChI=1S/C8H7BrN4/c9-8-11-4-10-7-3-6(5-1-2-5)12-13(7)8/h3-5H,1-2H2. The summed E-state index contributed by atoms with van der Waals surface area (Å²) in [5.74, 6) is 0.661. The van der Waals surface area contributed by atoms with Crippen LogP contribution in [0.15, 0.2) is 17.1 Å². The molecule has 0 radical (unpaired) electrons. The molecule has 66 valence electrons. The van der Waals surface area contributed by atoms with Crippen molar-refractivity contribution in [3.05, 3.63) is 22.8 Å². The Hall–Kier alpha value is -0.970. The largest absolute Gasteiger partial charge is 0.217 e. The molecular formula is C8H7BrN4. The van der Waals surface area contributed by atoms with E-state index in [4.69, 9.17) is 0 Å². The molecule has 3 rings (SSSR count). The minimum absolute atomic E-state index is 0.661. The van der Waals surface area contributed by atoms with Crippen molar-refractivity contribution < 1.29 is 0 Å². The van der Waals surface area contributed by atoms with Crippen molar-refractivity contribution in [3.63, 3.8) is 0 Å². The number of halogens is 1. The van der Waals surface area contributed by atoms with Gasteiger partial charge in [-0.2, -0.15) is 9.61 Å². The Bertz CT molecular complexity index is 460. The Balaban J connectivity index is 2.26. The molecule has 4 nitrogen and oxygen atoms in total. The molecule has 2 aromatic heterocycles. The first-order chi connectivity index (χ1) is 6.34. The van der Waals surface area contributed by atoms with E-state index >= 15 is 0 Å². The topological polar surface area (TPSA) is 43.1 Å². The molecule has 0 aromatic carbocycles. The van der Waals surface area contributed by atoms with Crippen molar-refractivity contribution >= 4 is 21.6 Å². The summed E-state index contributed by atoms with van der Waals surface area (Å²) >= 11 is 3.33. The van der Waals surface area contributed by atoms with E-state index in [1.807, 2.05) is 6.07 Å². The molecule has 1 saturated carbocycles. The van der Waals surface area contributed by atoms with Gasteiger partial charge in [0, 0.05) is 12.0 Å². The lowest BCUT2D eigenvalue weighted by Crippen LogP contribution is -1.94. The molecule has 13 heavy (non-hydrogen) atoms. The van der Waals surface area contributed by atoms with Crippen LogP contribution in [0.25, 0.3) is 5.65 Å². The smallest absolute Gasteiger partial charge is 0.201 e. The third-order valence-electron chi connectivity index (χ3n) is 2.23. The summed E-state index contributed by atoms with van der Waals surface area (Å²) in [6, 6.07) is 2.03. The fraction of sp³-hybridized carbons (Fsp3) is 0.375. The highest BCUT2D eigenvalue weighted by Crippen LogP contribution is 2.39. The van der Waals surface area contributed by atoms with Crippen molar-refractivity contribution in [2.24, 2.45) is 0 Å². The Morgan fingerprint density at radius 2 is 2.23 bits per heavy atom. The molecule has 0 atom stereocenters. The average molecular weight is 239 g/mol. The highest BCUT2D eigenvalue weighted by Gasteiger charge is 2.26. The van der Waals surface area contributed by atoms with Crippen molar-refractivity contribution in [1.82, 2.24) is 19.6 Å². The minimum atomic E-state index is 0.661. The highest BCUT2D eigenvalue weighted by atomic mass is 79.9. The zero-order valence-corrected chi connectivity index (χ0v) is 8.40. The van der Waals surface area contributed by atoms with E-state index in [0.717, 1.165) is 11.3 Å². The third kappa shape index (κ3) is 1.14. The van der Waals surface area contributed by atoms with E-state index in [1.165, 1.54) is 19.2 Å². The van der Waals surface area contributed by atoms with Gasteiger partial charge in [-0.15, -0.1) is 0 Å². The van der Waals surface area contributed by atoms with Crippen LogP contribution in [0, 0.1) is 0 Å². The number of rotatable bonds is 1. The fourth-order valence-electron chi connectivity index (χ4n) is 1.39. The van der Waals surface area contributed by atoms with E-state index in [9.17, 15) is 0 Å². The third-order valence-corrected chi connectivity index (χ3v) is 2.77. The predicted molar refractivity (Wildman–Crippen MR) is 50.5 cm³/mol. The van der Waals surface area contributed by atoms with Crippen LogP contribution in [0.3, 0.4) is 0 Å². The lowest BCUT2D eigenvalue weighted by Gasteiger charge is -1.92. The van der Waals surface area contributed by atoms with Gasteiger partial charge in [0.05, 0.1) is 5.69 Å². The molecule has 0 bridgehead atoms. The van der Waals surface area contributed by atoms with Gasteiger partial charge >= 0.3 is 0 Å². The molecule has 0 amide bonds. The molecule has 0 aliphatic heterocycles. The predicted octanol–water partition coefficient (Wildman–Crippen LogP) is 1.76. The average Bonchev–Trinajstić information content (AvgIpc) is 2.87. The molecule has 2 aromatic rings. The Morgan fingerprint density at radius 1 is 1.38 bits per heavy atom.